The number of Topliss-reactive ketones (excluding diaryl/α,β-unsaturated/α-hetero) is 1. The van der Waals surface area contributed by atoms with Crippen LogP contribution in [0.2, 0.25) is 0 Å². The topological polar surface area (TPSA) is 57.6 Å². The van der Waals surface area contributed by atoms with E-state index in [1.165, 1.54) is 0 Å². The van der Waals surface area contributed by atoms with Gasteiger partial charge in [-0.25, -0.2) is 0 Å². The number of nitrogens with zero attached hydrogens (tertiary/aromatic N) is 1. The number of benzene rings is 3. The van der Waals surface area contributed by atoms with Crippen molar-refractivity contribution in [3.8, 4) is 0 Å². The fourth-order valence-electron chi connectivity index (χ4n) is 3.96. The van der Waals surface area contributed by atoms with Gasteiger partial charge in [-0.05, 0) is 55.3 Å². The van der Waals surface area contributed by atoms with Crippen LogP contribution in [0.15, 0.2) is 69.6 Å². The minimum Gasteiger partial charge on any atom is -0.375 e. The van der Waals surface area contributed by atoms with E-state index in [4.69, 9.17) is 0 Å². The van der Waals surface area contributed by atoms with Crippen molar-refractivity contribution in [2.75, 3.05) is 4.90 Å². The molecule has 1 N–H and O–H groups in total. The molecular weight excluding hydrogens is 522 g/mol. The molecule has 3 aromatic rings. The van der Waals surface area contributed by atoms with Crippen LogP contribution in [0.4, 0.5) is 5.69 Å². The molecule has 0 aromatic heterocycles. The predicted molar refractivity (Wildman–Crippen MR) is 128 cm³/mol. The van der Waals surface area contributed by atoms with Crippen molar-refractivity contribution in [1.29, 1.82) is 0 Å². The molecule has 0 unspecified atom stereocenters. The van der Waals surface area contributed by atoms with Crippen LogP contribution >= 0.6 is 31.9 Å². The van der Waals surface area contributed by atoms with Crippen molar-refractivity contribution in [2.45, 2.75) is 32.4 Å². The number of fused-ring (bicyclic) bond motifs is 1. The van der Waals surface area contributed by atoms with E-state index in [9.17, 15) is 14.7 Å². The number of carbonyl (C=O) groups excluding carboxylic acids is 2. The summed E-state index contributed by atoms with van der Waals surface area (Å²) in [6, 6.07) is 18.4. The summed E-state index contributed by atoms with van der Waals surface area (Å²) in [6.45, 7) is 4.34. The molecule has 1 aliphatic rings. The molecule has 1 atom stereocenters. The number of halogens is 2. The molecule has 4 nitrogen and oxygen atoms in total. The van der Waals surface area contributed by atoms with Crippen LogP contribution < -0.4 is 4.90 Å². The fraction of sp³-hybridized carbons (Fsp3) is 0.200. The lowest BCUT2D eigenvalue weighted by atomic mass is 9.88. The van der Waals surface area contributed by atoms with Gasteiger partial charge in [0.15, 0.2) is 11.4 Å². The van der Waals surface area contributed by atoms with Crippen molar-refractivity contribution in [2.24, 2.45) is 0 Å². The number of amides is 1. The van der Waals surface area contributed by atoms with Gasteiger partial charge in [0.1, 0.15) is 0 Å². The summed E-state index contributed by atoms with van der Waals surface area (Å²) in [5.74, 6) is -0.769. The second kappa shape index (κ2) is 8.34. The van der Waals surface area contributed by atoms with Gasteiger partial charge in [-0.2, -0.15) is 0 Å². The van der Waals surface area contributed by atoms with Crippen LogP contribution in [0.3, 0.4) is 0 Å². The van der Waals surface area contributed by atoms with Crippen molar-refractivity contribution < 1.29 is 14.7 Å². The third kappa shape index (κ3) is 4.12. The first kappa shape index (κ1) is 21.9. The molecule has 0 saturated heterocycles. The summed E-state index contributed by atoms with van der Waals surface area (Å²) in [6.07, 6.45) is -0.319. The number of rotatable bonds is 5. The second-order valence-corrected chi connectivity index (χ2v) is 9.78. The zero-order valence-corrected chi connectivity index (χ0v) is 20.3. The van der Waals surface area contributed by atoms with Gasteiger partial charge in [0.2, 0.25) is 0 Å². The molecule has 1 heterocycles. The molecule has 1 amide bonds. The van der Waals surface area contributed by atoms with E-state index < -0.39 is 11.5 Å². The van der Waals surface area contributed by atoms with E-state index in [2.05, 4.69) is 31.9 Å². The van der Waals surface area contributed by atoms with Crippen molar-refractivity contribution in [3.05, 3.63) is 97.4 Å². The molecule has 0 bridgehead atoms. The van der Waals surface area contributed by atoms with Gasteiger partial charge in [-0.15, -0.1) is 0 Å². The molecule has 0 spiro atoms. The normalized spacial score (nSPS) is 17.7. The minimum absolute atomic E-state index is 0.289. The summed E-state index contributed by atoms with van der Waals surface area (Å²) < 4.78 is 1.59. The zero-order valence-electron chi connectivity index (χ0n) is 17.2. The van der Waals surface area contributed by atoms with E-state index in [0.717, 1.165) is 25.6 Å². The van der Waals surface area contributed by atoms with E-state index >= 15 is 0 Å². The van der Waals surface area contributed by atoms with E-state index in [-0.39, 0.29) is 12.2 Å². The summed E-state index contributed by atoms with van der Waals surface area (Å²) in [4.78, 5) is 28.1. The van der Waals surface area contributed by atoms with Gasteiger partial charge in [-0.3, -0.25) is 9.59 Å². The van der Waals surface area contributed by atoms with Gasteiger partial charge in [-0.1, -0.05) is 67.8 Å². The van der Waals surface area contributed by atoms with Crippen LogP contribution in [-0.2, 0) is 16.9 Å². The molecule has 0 saturated carbocycles. The van der Waals surface area contributed by atoms with E-state index in [1.54, 1.807) is 35.2 Å². The second-order valence-electron chi connectivity index (χ2n) is 7.95. The lowest BCUT2D eigenvalue weighted by Crippen LogP contribution is -2.41. The number of aryl methyl sites for hydroxylation is 2. The Hall–Kier alpha value is -2.28. The van der Waals surface area contributed by atoms with Crippen LogP contribution in [0.25, 0.3) is 0 Å². The largest absolute Gasteiger partial charge is 0.375 e. The molecular formula is C25H21Br2NO3. The maximum absolute atomic E-state index is 13.5. The molecule has 0 fully saturated rings. The Morgan fingerprint density at radius 3 is 2.35 bits per heavy atom. The Morgan fingerprint density at radius 1 is 0.968 bits per heavy atom. The van der Waals surface area contributed by atoms with Crippen molar-refractivity contribution in [3.63, 3.8) is 0 Å². The average Bonchev–Trinajstić information content (AvgIpc) is 2.92. The first-order valence-corrected chi connectivity index (χ1v) is 11.5. The van der Waals surface area contributed by atoms with Gasteiger partial charge in [0.05, 0.1) is 18.7 Å². The molecule has 3 aromatic carbocycles. The highest BCUT2D eigenvalue weighted by Gasteiger charge is 2.51. The van der Waals surface area contributed by atoms with Crippen LogP contribution in [-0.4, -0.2) is 16.8 Å². The Morgan fingerprint density at radius 2 is 1.65 bits per heavy atom. The summed E-state index contributed by atoms with van der Waals surface area (Å²) in [7, 11) is 0. The first-order chi connectivity index (χ1) is 14.7. The molecule has 0 radical (unpaired) electrons. The highest BCUT2D eigenvalue weighted by atomic mass is 79.9. The Kier molecular flexibility index (Phi) is 5.90. The number of carbonyl (C=O) groups is 2. The Balaban J connectivity index is 1.72. The molecule has 6 heteroatoms. The molecule has 1 aliphatic heterocycles. The van der Waals surface area contributed by atoms with Crippen LogP contribution in [0, 0.1) is 13.8 Å². The maximum Gasteiger partial charge on any atom is 0.264 e. The summed E-state index contributed by atoms with van der Waals surface area (Å²) >= 11 is 6.79. The van der Waals surface area contributed by atoms with Gasteiger partial charge >= 0.3 is 0 Å². The first-order valence-electron chi connectivity index (χ1n) is 9.88. The molecule has 158 valence electrons. The van der Waals surface area contributed by atoms with Gasteiger partial charge in [0, 0.05) is 20.1 Å². The lowest BCUT2D eigenvalue weighted by molar-refractivity contribution is -0.136. The smallest absolute Gasteiger partial charge is 0.264 e. The van der Waals surface area contributed by atoms with Crippen molar-refractivity contribution in [1.82, 2.24) is 0 Å². The maximum atomic E-state index is 13.5. The van der Waals surface area contributed by atoms with Crippen LogP contribution in [0.5, 0.6) is 0 Å². The number of ketones is 1. The van der Waals surface area contributed by atoms with E-state index in [1.807, 2.05) is 44.2 Å². The number of anilines is 1. The highest BCUT2D eigenvalue weighted by Crippen LogP contribution is 2.45. The average molecular weight is 543 g/mol. The Bertz CT molecular complexity index is 1190. The number of hydrogen-bond acceptors (Lipinski definition) is 3. The number of aliphatic hydroxyl groups is 1. The summed E-state index contributed by atoms with van der Waals surface area (Å²) in [5, 5.41) is 11.6. The third-order valence-electron chi connectivity index (χ3n) is 5.71. The predicted octanol–water partition coefficient (Wildman–Crippen LogP) is 5.84. The van der Waals surface area contributed by atoms with Gasteiger partial charge < -0.3 is 10.0 Å². The zero-order chi connectivity index (χ0) is 22.3. The molecule has 31 heavy (non-hydrogen) atoms. The highest BCUT2D eigenvalue weighted by molar-refractivity contribution is 9.10. The Labute approximate surface area is 198 Å². The third-order valence-corrected chi connectivity index (χ3v) is 6.73. The SMILES string of the molecule is Cc1ccc(C)c(CN2C(=O)[C@](O)(CC(=O)c3ccc(Br)cc3)c3cc(Br)ccc32)c1. The quantitative estimate of drug-likeness (QED) is 0.412. The molecule has 4 rings (SSSR count). The van der Waals surface area contributed by atoms with Crippen LogP contribution in [0.1, 0.15) is 39.0 Å². The monoisotopic (exact) mass is 541 g/mol. The minimum atomic E-state index is -1.92. The summed E-state index contributed by atoms with van der Waals surface area (Å²) in [5.41, 5.74) is 2.78. The van der Waals surface area contributed by atoms with Gasteiger partial charge in [0.25, 0.3) is 5.91 Å². The van der Waals surface area contributed by atoms with Crippen molar-refractivity contribution >= 4 is 49.2 Å². The number of hydrogen-bond donors (Lipinski definition) is 1. The van der Waals surface area contributed by atoms with E-state index in [0.29, 0.717) is 23.4 Å². The lowest BCUT2D eigenvalue weighted by Gasteiger charge is -2.23. The molecule has 0 aliphatic carbocycles. The fourth-order valence-corrected chi connectivity index (χ4v) is 4.59. The standard InChI is InChI=1S/C25H21Br2NO3/c1-15-3-4-16(2)18(11-15)14-28-22-10-9-20(27)12-21(22)25(31,24(28)30)13-23(29)17-5-7-19(26)8-6-17/h3-12,31H,13-14H2,1-2H3/t25-/m0/s1.